The van der Waals surface area contributed by atoms with Crippen molar-refractivity contribution in [2.24, 2.45) is 0 Å². The highest BCUT2D eigenvalue weighted by atomic mass is 16.2. The number of H-pyrrole nitrogens is 1. The van der Waals surface area contributed by atoms with Crippen LogP contribution in [0, 0.1) is 6.92 Å². The Balaban J connectivity index is 1.37. The standard InChI is InChI=1S/C27H36N4O2/c1-19-8-7-9-20(16-19)17-25(32)31-14-6-5-12-24(31)26-28-23-18-30(21-10-3-2-4-11-21)15-13-22(23)27(33)29-26/h7-9,16,21,24H,2-6,10-15,17-18H2,1H3,(H,28,29,33). The first-order chi connectivity index (χ1) is 16.1. The average molecular weight is 449 g/mol. The first-order valence-corrected chi connectivity index (χ1v) is 12.8. The van der Waals surface area contributed by atoms with Crippen LogP contribution in [-0.4, -0.2) is 44.8 Å². The van der Waals surface area contributed by atoms with E-state index >= 15 is 0 Å². The fourth-order valence-electron chi connectivity index (χ4n) is 6.01. The number of aryl methyl sites for hydroxylation is 1. The fraction of sp³-hybridized carbons (Fsp3) is 0.593. The zero-order chi connectivity index (χ0) is 22.8. The van der Waals surface area contributed by atoms with Gasteiger partial charge in [0.25, 0.3) is 5.56 Å². The number of aromatic amines is 1. The second-order valence-electron chi connectivity index (χ2n) is 10.2. The topological polar surface area (TPSA) is 69.3 Å². The molecule has 3 aliphatic rings. The third kappa shape index (κ3) is 4.91. The molecule has 2 aliphatic heterocycles. The van der Waals surface area contributed by atoms with Gasteiger partial charge in [0.15, 0.2) is 0 Å². The van der Waals surface area contributed by atoms with Gasteiger partial charge >= 0.3 is 0 Å². The Kier molecular flexibility index (Phi) is 6.63. The molecule has 0 radical (unpaired) electrons. The van der Waals surface area contributed by atoms with Crippen LogP contribution in [0.4, 0.5) is 0 Å². The van der Waals surface area contributed by atoms with E-state index in [-0.39, 0.29) is 17.5 Å². The minimum absolute atomic E-state index is 0.00468. The van der Waals surface area contributed by atoms with E-state index in [9.17, 15) is 9.59 Å². The minimum atomic E-state index is -0.140. The minimum Gasteiger partial charge on any atom is -0.332 e. The Bertz CT molecular complexity index is 1060. The van der Waals surface area contributed by atoms with Gasteiger partial charge in [-0.15, -0.1) is 0 Å². The van der Waals surface area contributed by atoms with Crippen LogP contribution in [0.25, 0.3) is 0 Å². The normalized spacial score (nSPS) is 22.2. The van der Waals surface area contributed by atoms with Crippen molar-refractivity contribution < 1.29 is 4.79 Å². The summed E-state index contributed by atoms with van der Waals surface area (Å²) in [5.74, 6) is 0.802. The van der Waals surface area contributed by atoms with E-state index in [1.165, 1.54) is 37.7 Å². The Labute approximate surface area is 196 Å². The Morgan fingerprint density at radius 2 is 1.91 bits per heavy atom. The van der Waals surface area contributed by atoms with Crippen LogP contribution in [0.15, 0.2) is 29.1 Å². The van der Waals surface area contributed by atoms with Gasteiger partial charge in [0.1, 0.15) is 5.82 Å². The molecule has 0 spiro atoms. The lowest BCUT2D eigenvalue weighted by atomic mass is 9.92. The zero-order valence-corrected chi connectivity index (χ0v) is 19.8. The number of nitrogens with one attached hydrogen (secondary N) is 1. The number of fused-ring (bicyclic) bond motifs is 1. The highest BCUT2D eigenvalue weighted by Gasteiger charge is 2.32. The first-order valence-electron chi connectivity index (χ1n) is 12.8. The van der Waals surface area contributed by atoms with Crippen molar-refractivity contribution in [2.45, 2.75) is 89.8 Å². The highest BCUT2D eigenvalue weighted by Crippen LogP contribution is 2.31. The lowest BCUT2D eigenvalue weighted by Gasteiger charge is -2.38. The van der Waals surface area contributed by atoms with Crippen molar-refractivity contribution in [1.82, 2.24) is 19.8 Å². The molecule has 6 heteroatoms. The maximum Gasteiger partial charge on any atom is 0.254 e. The zero-order valence-electron chi connectivity index (χ0n) is 19.8. The molecule has 2 fully saturated rings. The van der Waals surface area contributed by atoms with Crippen molar-refractivity contribution in [3.8, 4) is 0 Å². The maximum atomic E-state index is 13.3. The molecule has 1 saturated heterocycles. The molecule has 6 nitrogen and oxygen atoms in total. The quantitative estimate of drug-likeness (QED) is 0.766. The molecular formula is C27H36N4O2. The van der Waals surface area contributed by atoms with E-state index in [1.54, 1.807) is 0 Å². The molecule has 2 aromatic rings. The van der Waals surface area contributed by atoms with Crippen molar-refractivity contribution in [3.63, 3.8) is 0 Å². The Hall–Kier alpha value is -2.47. The molecule has 1 amide bonds. The summed E-state index contributed by atoms with van der Waals surface area (Å²) in [6, 6.07) is 8.64. The lowest BCUT2D eigenvalue weighted by Crippen LogP contribution is -2.44. The number of hydrogen-bond donors (Lipinski definition) is 1. The highest BCUT2D eigenvalue weighted by molar-refractivity contribution is 5.79. The fourth-order valence-corrected chi connectivity index (χ4v) is 6.01. The van der Waals surface area contributed by atoms with Crippen LogP contribution < -0.4 is 5.56 Å². The molecule has 1 aromatic heterocycles. The van der Waals surface area contributed by atoms with Gasteiger partial charge in [-0.2, -0.15) is 0 Å². The van der Waals surface area contributed by atoms with Crippen LogP contribution in [0.3, 0.4) is 0 Å². The van der Waals surface area contributed by atoms with E-state index in [2.05, 4.69) is 28.9 Å². The third-order valence-electron chi connectivity index (χ3n) is 7.79. The summed E-state index contributed by atoms with van der Waals surface area (Å²) >= 11 is 0. The Morgan fingerprint density at radius 1 is 1.09 bits per heavy atom. The number of carbonyl (C=O) groups is 1. The van der Waals surface area contributed by atoms with E-state index in [1.807, 2.05) is 17.0 Å². The largest absolute Gasteiger partial charge is 0.332 e. The molecular weight excluding hydrogens is 412 g/mol. The summed E-state index contributed by atoms with van der Waals surface area (Å²) in [6.45, 7) is 4.49. The molecule has 1 aliphatic carbocycles. The van der Waals surface area contributed by atoms with Crippen LogP contribution in [0.5, 0.6) is 0 Å². The van der Waals surface area contributed by atoms with E-state index in [0.717, 1.165) is 62.1 Å². The average Bonchev–Trinajstić information content (AvgIpc) is 2.84. The summed E-state index contributed by atoms with van der Waals surface area (Å²) in [4.78, 5) is 38.9. The third-order valence-corrected chi connectivity index (χ3v) is 7.79. The van der Waals surface area contributed by atoms with Crippen molar-refractivity contribution in [3.05, 3.63) is 62.8 Å². The second kappa shape index (κ2) is 9.80. The van der Waals surface area contributed by atoms with Gasteiger partial charge in [-0.1, -0.05) is 49.1 Å². The lowest BCUT2D eigenvalue weighted by molar-refractivity contribution is -0.134. The molecule has 176 valence electrons. The van der Waals surface area contributed by atoms with Gasteiger partial charge < -0.3 is 9.88 Å². The van der Waals surface area contributed by atoms with Gasteiger partial charge in [0.2, 0.25) is 5.91 Å². The van der Waals surface area contributed by atoms with Crippen molar-refractivity contribution in [1.29, 1.82) is 0 Å². The van der Waals surface area contributed by atoms with Crippen LogP contribution in [-0.2, 0) is 24.2 Å². The van der Waals surface area contributed by atoms with Gasteiger partial charge in [0, 0.05) is 31.2 Å². The number of likely N-dealkylation sites (tertiary alicyclic amines) is 1. The van der Waals surface area contributed by atoms with Gasteiger partial charge in [-0.3, -0.25) is 14.5 Å². The van der Waals surface area contributed by atoms with E-state index in [0.29, 0.717) is 18.3 Å². The SMILES string of the molecule is Cc1cccc(CC(=O)N2CCCCC2c2nc3c(c(=O)[nH]2)CCN(C2CCCCC2)C3)c1. The van der Waals surface area contributed by atoms with Crippen LogP contribution >= 0.6 is 0 Å². The van der Waals surface area contributed by atoms with E-state index < -0.39 is 0 Å². The number of carbonyl (C=O) groups excluding carboxylic acids is 1. The molecule has 1 N–H and O–H groups in total. The summed E-state index contributed by atoms with van der Waals surface area (Å²) < 4.78 is 0. The van der Waals surface area contributed by atoms with Gasteiger partial charge in [-0.25, -0.2) is 4.98 Å². The molecule has 0 bridgehead atoms. The molecule has 1 saturated carbocycles. The summed E-state index contributed by atoms with van der Waals surface area (Å²) in [6.07, 6.45) is 10.5. The molecule has 1 unspecified atom stereocenters. The smallest absolute Gasteiger partial charge is 0.254 e. The number of hydrogen-bond acceptors (Lipinski definition) is 4. The number of benzene rings is 1. The number of amides is 1. The van der Waals surface area contributed by atoms with Gasteiger partial charge in [-0.05, 0) is 51.0 Å². The Morgan fingerprint density at radius 3 is 2.73 bits per heavy atom. The van der Waals surface area contributed by atoms with Crippen molar-refractivity contribution >= 4 is 5.91 Å². The molecule has 1 aromatic carbocycles. The molecule has 1 atom stereocenters. The number of aromatic nitrogens is 2. The monoisotopic (exact) mass is 448 g/mol. The summed E-state index contributed by atoms with van der Waals surface area (Å²) in [5, 5.41) is 0. The summed E-state index contributed by atoms with van der Waals surface area (Å²) in [7, 11) is 0. The first kappa shape index (κ1) is 22.3. The molecule has 5 rings (SSSR count). The number of nitrogens with zero attached hydrogens (tertiary/aromatic N) is 3. The predicted molar refractivity (Wildman–Crippen MR) is 129 cm³/mol. The molecule has 33 heavy (non-hydrogen) atoms. The number of piperidine rings is 1. The van der Waals surface area contributed by atoms with Crippen LogP contribution in [0.1, 0.15) is 85.6 Å². The molecule has 3 heterocycles. The maximum absolute atomic E-state index is 13.3. The van der Waals surface area contributed by atoms with E-state index in [4.69, 9.17) is 4.98 Å². The van der Waals surface area contributed by atoms with Crippen molar-refractivity contribution in [2.75, 3.05) is 13.1 Å². The van der Waals surface area contributed by atoms with Crippen LogP contribution in [0.2, 0.25) is 0 Å². The van der Waals surface area contributed by atoms with Gasteiger partial charge in [0.05, 0.1) is 18.2 Å². The number of rotatable bonds is 4. The summed E-state index contributed by atoms with van der Waals surface area (Å²) in [5.41, 5.74) is 3.98. The predicted octanol–water partition coefficient (Wildman–Crippen LogP) is 4.07. The second-order valence-corrected chi connectivity index (χ2v) is 10.2.